The van der Waals surface area contributed by atoms with E-state index in [0.29, 0.717) is 23.6 Å². The molecule has 0 saturated carbocycles. The fraction of sp³-hybridized carbons (Fsp3) is 0.320. The molecule has 0 aliphatic heterocycles. The highest BCUT2D eigenvalue weighted by Gasteiger charge is 2.15. The lowest BCUT2D eigenvalue weighted by Gasteiger charge is -2.18. The first kappa shape index (κ1) is 23.8. The summed E-state index contributed by atoms with van der Waals surface area (Å²) < 4.78 is 10.6. The largest absolute Gasteiger partial charge is 0.493 e. The van der Waals surface area contributed by atoms with Crippen LogP contribution >= 0.6 is 0 Å². The van der Waals surface area contributed by atoms with Crippen LogP contribution in [0.1, 0.15) is 35.3 Å². The minimum absolute atomic E-state index is 0.101. The first-order valence-corrected chi connectivity index (χ1v) is 10.9. The summed E-state index contributed by atoms with van der Waals surface area (Å²) in [6, 6.07) is 17.1. The summed E-state index contributed by atoms with van der Waals surface area (Å²) in [5, 5.41) is 7.50. The standard InChI is InChI=1S/C25H30N4O4/c1-29(25(31)19-12-13-22(23(15-19)32-2)33-17-24(26)30)14-8-4-7-11-20-16-21(28-27-20)18-9-5-3-6-10-18/h3,5-6,9-10,12-13,15-16H,4,7-8,11,14,17H2,1-2H3,(H2,26,30)(H,27,28). The van der Waals surface area contributed by atoms with Crippen LogP contribution in [0.2, 0.25) is 0 Å². The van der Waals surface area contributed by atoms with E-state index in [1.54, 1.807) is 30.1 Å². The molecule has 3 N–H and O–H groups in total. The van der Waals surface area contributed by atoms with E-state index < -0.39 is 5.91 Å². The van der Waals surface area contributed by atoms with Crippen LogP contribution < -0.4 is 15.2 Å². The number of H-pyrrole nitrogens is 1. The molecule has 8 heteroatoms. The van der Waals surface area contributed by atoms with Crippen LogP contribution in [-0.2, 0) is 11.2 Å². The van der Waals surface area contributed by atoms with Gasteiger partial charge in [-0.2, -0.15) is 5.10 Å². The summed E-state index contributed by atoms with van der Waals surface area (Å²) in [5.74, 6) is 0.0617. The highest BCUT2D eigenvalue weighted by atomic mass is 16.5. The Labute approximate surface area is 193 Å². The summed E-state index contributed by atoms with van der Waals surface area (Å²) in [6.45, 7) is 0.398. The number of primary amides is 1. The summed E-state index contributed by atoms with van der Waals surface area (Å²) >= 11 is 0. The van der Waals surface area contributed by atoms with Crippen molar-refractivity contribution in [3.05, 3.63) is 65.9 Å². The lowest BCUT2D eigenvalue weighted by Crippen LogP contribution is -2.27. The van der Waals surface area contributed by atoms with Gasteiger partial charge in [0.25, 0.3) is 11.8 Å². The van der Waals surface area contributed by atoms with Crippen LogP contribution in [0.4, 0.5) is 0 Å². The maximum Gasteiger partial charge on any atom is 0.255 e. The van der Waals surface area contributed by atoms with Gasteiger partial charge in [0.1, 0.15) is 0 Å². The van der Waals surface area contributed by atoms with Gasteiger partial charge in [0.2, 0.25) is 0 Å². The van der Waals surface area contributed by atoms with Crippen molar-refractivity contribution in [2.75, 3.05) is 27.3 Å². The van der Waals surface area contributed by atoms with E-state index in [-0.39, 0.29) is 12.5 Å². The first-order valence-electron chi connectivity index (χ1n) is 10.9. The van der Waals surface area contributed by atoms with Gasteiger partial charge in [0.05, 0.1) is 12.8 Å². The molecule has 0 spiro atoms. The van der Waals surface area contributed by atoms with Gasteiger partial charge in [-0.3, -0.25) is 14.7 Å². The molecule has 0 aliphatic rings. The molecule has 2 amide bonds. The number of rotatable bonds is 12. The summed E-state index contributed by atoms with van der Waals surface area (Å²) in [5.41, 5.74) is 8.77. The number of hydrogen-bond donors (Lipinski definition) is 2. The molecule has 8 nitrogen and oxygen atoms in total. The number of hydrogen-bond acceptors (Lipinski definition) is 5. The van der Waals surface area contributed by atoms with Gasteiger partial charge in [-0.05, 0) is 43.5 Å². The maximum atomic E-state index is 12.8. The zero-order chi connectivity index (χ0) is 23.6. The second kappa shape index (κ2) is 11.7. The number of nitrogens with two attached hydrogens (primary N) is 1. The zero-order valence-electron chi connectivity index (χ0n) is 19.0. The fourth-order valence-corrected chi connectivity index (χ4v) is 3.48. The van der Waals surface area contributed by atoms with Gasteiger partial charge < -0.3 is 20.1 Å². The third-order valence-corrected chi connectivity index (χ3v) is 5.27. The third-order valence-electron chi connectivity index (χ3n) is 5.27. The Bertz CT molecular complexity index is 1070. The number of methoxy groups -OCH3 is 1. The molecule has 1 heterocycles. The third kappa shape index (κ3) is 6.83. The van der Waals surface area contributed by atoms with Crippen LogP contribution in [0, 0.1) is 0 Å². The Hall–Kier alpha value is -3.81. The topological polar surface area (TPSA) is 111 Å². The SMILES string of the molecule is COc1cc(C(=O)N(C)CCCCCc2cc(-c3ccccc3)n[nH]2)ccc1OCC(N)=O. The lowest BCUT2D eigenvalue weighted by molar-refractivity contribution is -0.119. The average Bonchev–Trinajstić information content (AvgIpc) is 3.31. The Morgan fingerprint density at radius 1 is 1.03 bits per heavy atom. The van der Waals surface area contributed by atoms with E-state index in [4.69, 9.17) is 15.2 Å². The number of benzene rings is 2. The monoisotopic (exact) mass is 450 g/mol. The second-order valence-electron chi connectivity index (χ2n) is 7.80. The number of ether oxygens (including phenoxy) is 2. The molecule has 0 fully saturated rings. The number of nitrogens with one attached hydrogen (secondary N) is 1. The van der Waals surface area contributed by atoms with Crippen molar-refractivity contribution in [2.45, 2.75) is 25.7 Å². The number of carbonyl (C=O) groups is 2. The molecule has 3 rings (SSSR count). The van der Waals surface area contributed by atoms with Crippen LogP contribution in [0.5, 0.6) is 11.5 Å². The van der Waals surface area contributed by atoms with Gasteiger partial charge >= 0.3 is 0 Å². The van der Waals surface area contributed by atoms with Gasteiger partial charge in [-0.15, -0.1) is 0 Å². The smallest absolute Gasteiger partial charge is 0.255 e. The molecule has 174 valence electrons. The molecule has 0 unspecified atom stereocenters. The normalized spacial score (nSPS) is 10.6. The first-order chi connectivity index (χ1) is 16.0. The van der Waals surface area contributed by atoms with Gasteiger partial charge in [0.15, 0.2) is 18.1 Å². The van der Waals surface area contributed by atoms with Gasteiger partial charge in [0, 0.05) is 30.4 Å². The van der Waals surface area contributed by atoms with Crippen LogP contribution in [-0.4, -0.2) is 54.2 Å². The predicted octanol–water partition coefficient (Wildman–Crippen LogP) is 3.43. The number of amides is 2. The van der Waals surface area contributed by atoms with Crippen LogP contribution in [0.3, 0.4) is 0 Å². The fourth-order valence-electron chi connectivity index (χ4n) is 3.48. The molecule has 0 radical (unpaired) electrons. The van der Waals surface area contributed by atoms with E-state index in [2.05, 4.69) is 16.3 Å². The van der Waals surface area contributed by atoms with E-state index in [1.165, 1.54) is 7.11 Å². The molecule has 0 saturated heterocycles. The van der Waals surface area contributed by atoms with E-state index >= 15 is 0 Å². The maximum absolute atomic E-state index is 12.8. The van der Waals surface area contributed by atoms with E-state index in [0.717, 1.165) is 42.6 Å². The van der Waals surface area contributed by atoms with Crippen LogP contribution in [0.15, 0.2) is 54.6 Å². The predicted molar refractivity (Wildman–Crippen MR) is 126 cm³/mol. The number of aryl methyl sites for hydroxylation is 1. The van der Waals surface area contributed by atoms with E-state index in [9.17, 15) is 9.59 Å². The van der Waals surface area contributed by atoms with Gasteiger partial charge in [-0.1, -0.05) is 36.8 Å². The number of aromatic nitrogens is 2. The second-order valence-corrected chi connectivity index (χ2v) is 7.80. The molecule has 1 aromatic heterocycles. The zero-order valence-corrected chi connectivity index (χ0v) is 19.0. The minimum atomic E-state index is -0.582. The Balaban J connectivity index is 1.43. The van der Waals surface area contributed by atoms with Crippen molar-refractivity contribution in [3.8, 4) is 22.8 Å². The lowest BCUT2D eigenvalue weighted by atomic mass is 10.1. The van der Waals surface area contributed by atoms with Crippen molar-refractivity contribution in [1.29, 1.82) is 0 Å². The number of carbonyl (C=O) groups excluding carboxylic acids is 2. The molecule has 0 bridgehead atoms. The Morgan fingerprint density at radius 2 is 1.82 bits per heavy atom. The van der Waals surface area contributed by atoms with Gasteiger partial charge in [-0.25, -0.2) is 0 Å². The van der Waals surface area contributed by atoms with Crippen LogP contribution in [0.25, 0.3) is 11.3 Å². The molecular weight excluding hydrogens is 420 g/mol. The summed E-state index contributed by atoms with van der Waals surface area (Å²) in [4.78, 5) is 25.4. The molecule has 2 aromatic carbocycles. The molecule has 33 heavy (non-hydrogen) atoms. The quantitative estimate of drug-likeness (QED) is 0.411. The Morgan fingerprint density at radius 3 is 2.55 bits per heavy atom. The number of unbranched alkanes of at least 4 members (excludes halogenated alkanes) is 2. The molecular formula is C25H30N4O4. The van der Waals surface area contributed by atoms with E-state index in [1.807, 2.05) is 30.3 Å². The minimum Gasteiger partial charge on any atom is -0.493 e. The number of aromatic amines is 1. The molecule has 0 atom stereocenters. The molecule has 0 aliphatic carbocycles. The van der Waals surface area contributed by atoms with Crippen molar-refractivity contribution in [3.63, 3.8) is 0 Å². The Kier molecular flexibility index (Phi) is 8.46. The molecule has 3 aromatic rings. The average molecular weight is 451 g/mol. The summed E-state index contributed by atoms with van der Waals surface area (Å²) in [6.07, 6.45) is 3.83. The summed E-state index contributed by atoms with van der Waals surface area (Å²) in [7, 11) is 3.26. The highest BCUT2D eigenvalue weighted by Crippen LogP contribution is 2.28. The van der Waals surface area contributed by atoms with Crippen molar-refractivity contribution in [1.82, 2.24) is 15.1 Å². The van der Waals surface area contributed by atoms with Crippen molar-refractivity contribution >= 4 is 11.8 Å². The van der Waals surface area contributed by atoms with Crippen molar-refractivity contribution < 1.29 is 19.1 Å². The number of nitrogens with zero attached hydrogens (tertiary/aromatic N) is 2. The highest BCUT2D eigenvalue weighted by molar-refractivity contribution is 5.94. The van der Waals surface area contributed by atoms with Crippen molar-refractivity contribution in [2.24, 2.45) is 5.73 Å².